The Balaban J connectivity index is 3.35. The zero-order chi connectivity index (χ0) is 10.0. The first-order chi connectivity index (χ1) is 6.06. The van der Waals surface area contributed by atoms with Crippen molar-refractivity contribution in [3.63, 3.8) is 0 Å². The molecule has 0 aliphatic rings. The van der Waals surface area contributed by atoms with Gasteiger partial charge in [0.15, 0.2) is 6.29 Å². The molecule has 0 radical (unpaired) electrons. The van der Waals surface area contributed by atoms with Crippen molar-refractivity contribution in [2.75, 3.05) is 5.73 Å². The maximum atomic E-state index is 12.3. The lowest BCUT2D eigenvalue weighted by Gasteiger charge is -2.06. The number of nitrogen functional groups attached to an aromatic ring is 1. The first kappa shape index (κ1) is 9.57. The summed E-state index contributed by atoms with van der Waals surface area (Å²) in [4.78, 5) is 14.0. The van der Waals surface area contributed by atoms with Crippen molar-refractivity contribution in [1.29, 1.82) is 0 Å². The molecule has 5 heteroatoms. The van der Waals surface area contributed by atoms with Crippen LogP contribution in [0.3, 0.4) is 0 Å². The smallest absolute Gasteiger partial charge is 0.264 e. The number of hydrogen-bond donors (Lipinski definition) is 1. The zero-order valence-corrected chi connectivity index (χ0v) is 6.92. The highest BCUT2D eigenvalue weighted by Gasteiger charge is 2.14. The minimum absolute atomic E-state index is 0.0321. The second-order valence-corrected chi connectivity index (χ2v) is 2.57. The van der Waals surface area contributed by atoms with Crippen LogP contribution in [0.25, 0.3) is 0 Å². The molecule has 1 heterocycles. The Labute approximate surface area is 73.6 Å². The molecule has 1 rings (SSSR count). The number of carbonyl (C=O) groups is 1. The molecule has 1 aromatic heterocycles. The molecule has 0 saturated heterocycles. The summed E-state index contributed by atoms with van der Waals surface area (Å²) in [5.74, 6) is -0.0667. The molecule has 1 aromatic rings. The molecule has 0 fully saturated rings. The number of alkyl halides is 2. The van der Waals surface area contributed by atoms with E-state index >= 15 is 0 Å². The first-order valence-electron chi connectivity index (χ1n) is 3.56. The third-order valence-electron chi connectivity index (χ3n) is 1.72. The van der Waals surface area contributed by atoms with Crippen LogP contribution in [-0.2, 0) is 0 Å². The average Bonchev–Trinajstić information content (AvgIpc) is 2.08. The van der Waals surface area contributed by atoms with Crippen molar-refractivity contribution < 1.29 is 13.6 Å². The lowest BCUT2D eigenvalue weighted by molar-refractivity contribution is 0.111. The lowest BCUT2D eigenvalue weighted by Crippen LogP contribution is -2.02. The molecule has 70 valence electrons. The molecule has 0 unspecified atom stereocenters. The van der Waals surface area contributed by atoms with Crippen molar-refractivity contribution in [2.45, 2.75) is 13.3 Å². The Morgan fingerprint density at radius 2 is 2.23 bits per heavy atom. The first-order valence-corrected chi connectivity index (χ1v) is 3.56. The van der Waals surface area contributed by atoms with Gasteiger partial charge in [-0.2, -0.15) is 0 Å². The Kier molecular flexibility index (Phi) is 2.55. The number of halogens is 2. The molecule has 0 saturated carbocycles. The topological polar surface area (TPSA) is 56.0 Å². The molecule has 2 N–H and O–H groups in total. The van der Waals surface area contributed by atoms with E-state index in [2.05, 4.69) is 4.98 Å². The lowest BCUT2D eigenvalue weighted by atomic mass is 10.1. The highest BCUT2D eigenvalue weighted by Crippen LogP contribution is 2.24. The van der Waals surface area contributed by atoms with Gasteiger partial charge in [-0.1, -0.05) is 0 Å². The number of pyridine rings is 1. The van der Waals surface area contributed by atoms with E-state index in [0.717, 1.165) is 6.07 Å². The number of hydrogen-bond acceptors (Lipinski definition) is 3. The molecule has 0 aliphatic heterocycles. The quantitative estimate of drug-likeness (QED) is 0.715. The molecule has 0 atom stereocenters. The van der Waals surface area contributed by atoms with Gasteiger partial charge in [-0.3, -0.25) is 4.79 Å². The molecular formula is C8H8F2N2O. The van der Waals surface area contributed by atoms with Crippen molar-refractivity contribution in [3.8, 4) is 0 Å². The minimum atomic E-state index is -2.64. The minimum Gasteiger partial charge on any atom is -0.384 e. The predicted molar refractivity (Wildman–Crippen MR) is 43.7 cm³/mol. The van der Waals surface area contributed by atoms with Gasteiger partial charge in [-0.25, -0.2) is 13.8 Å². The summed E-state index contributed by atoms with van der Waals surface area (Å²) in [5, 5.41) is 0. The van der Waals surface area contributed by atoms with Crippen molar-refractivity contribution in [3.05, 3.63) is 22.9 Å². The molecule has 0 aromatic carbocycles. The summed E-state index contributed by atoms with van der Waals surface area (Å²) in [6, 6.07) is 1.08. The Morgan fingerprint density at radius 1 is 1.62 bits per heavy atom. The van der Waals surface area contributed by atoms with E-state index in [9.17, 15) is 13.6 Å². The van der Waals surface area contributed by atoms with Gasteiger partial charge in [0, 0.05) is 5.56 Å². The highest BCUT2D eigenvalue weighted by atomic mass is 19.3. The Hall–Kier alpha value is -1.52. The number of nitrogens with two attached hydrogens (primary N) is 1. The summed E-state index contributed by atoms with van der Waals surface area (Å²) >= 11 is 0. The van der Waals surface area contributed by atoms with Crippen LogP contribution in [0.4, 0.5) is 14.6 Å². The molecule has 13 heavy (non-hydrogen) atoms. The van der Waals surface area contributed by atoms with Gasteiger partial charge in [0.25, 0.3) is 6.43 Å². The summed E-state index contributed by atoms with van der Waals surface area (Å²) in [5.41, 5.74) is 5.14. The van der Waals surface area contributed by atoms with Crippen LogP contribution in [-0.4, -0.2) is 11.3 Å². The van der Waals surface area contributed by atoms with Gasteiger partial charge in [0.2, 0.25) is 0 Å². The molecule has 0 bridgehead atoms. The van der Waals surface area contributed by atoms with Crippen molar-refractivity contribution in [1.82, 2.24) is 4.98 Å². The number of nitrogens with zero attached hydrogens (tertiary/aromatic N) is 1. The third kappa shape index (κ3) is 1.80. The molecule has 0 spiro atoms. The van der Waals surface area contributed by atoms with Crippen LogP contribution in [0.2, 0.25) is 0 Å². The monoisotopic (exact) mass is 186 g/mol. The number of aldehydes is 1. The number of anilines is 1. The predicted octanol–water partition coefficient (Wildman–Crippen LogP) is 1.72. The van der Waals surface area contributed by atoms with E-state index in [1.165, 1.54) is 6.92 Å². The molecular weight excluding hydrogens is 178 g/mol. The Bertz CT molecular complexity index is 339. The third-order valence-corrected chi connectivity index (χ3v) is 1.72. The second kappa shape index (κ2) is 3.47. The fourth-order valence-electron chi connectivity index (χ4n) is 1.01. The summed E-state index contributed by atoms with van der Waals surface area (Å²) in [6.45, 7) is 1.41. The zero-order valence-electron chi connectivity index (χ0n) is 6.92. The van der Waals surface area contributed by atoms with Gasteiger partial charge in [-0.15, -0.1) is 0 Å². The van der Waals surface area contributed by atoms with Crippen LogP contribution in [0.1, 0.15) is 28.0 Å². The maximum absolute atomic E-state index is 12.3. The number of rotatable bonds is 2. The van der Waals surface area contributed by atoms with Crippen LogP contribution >= 0.6 is 0 Å². The SMILES string of the molecule is Cc1c(C(F)F)cc(N)nc1C=O. The van der Waals surface area contributed by atoms with Gasteiger partial charge in [-0.05, 0) is 18.6 Å². The number of aromatic nitrogens is 1. The average molecular weight is 186 g/mol. The van der Waals surface area contributed by atoms with Gasteiger partial charge in [0.05, 0.1) is 0 Å². The van der Waals surface area contributed by atoms with Gasteiger partial charge < -0.3 is 5.73 Å². The standard InChI is InChI=1S/C8H8F2N2O/c1-4-5(8(9)10)2-7(11)12-6(4)3-13/h2-3,8H,1H3,(H2,11,12). The fraction of sp³-hybridized carbons (Fsp3) is 0.250. The fourth-order valence-corrected chi connectivity index (χ4v) is 1.01. The summed E-state index contributed by atoms with van der Waals surface area (Å²) in [6.07, 6.45) is -2.22. The van der Waals surface area contributed by atoms with E-state index in [0.29, 0.717) is 6.29 Å². The van der Waals surface area contributed by atoms with Crippen molar-refractivity contribution >= 4 is 12.1 Å². The van der Waals surface area contributed by atoms with Crippen LogP contribution < -0.4 is 5.73 Å². The van der Waals surface area contributed by atoms with E-state index in [1.807, 2.05) is 0 Å². The van der Waals surface area contributed by atoms with Crippen molar-refractivity contribution in [2.24, 2.45) is 0 Å². The number of carbonyl (C=O) groups excluding carboxylic acids is 1. The van der Waals surface area contributed by atoms with Gasteiger partial charge in [0.1, 0.15) is 11.5 Å². The largest absolute Gasteiger partial charge is 0.384 e. The highest BCUT2D eigenvalue weighted by molar-refractivity contribution is 5.75. The molecule has 0 amide bonds. The maximum Gasteiger partial charge on any atom is 0.264 e. The van der Waals surface area contributed by atoms with Crippen LogP contribution in [0.5, 0.6) is 0 Å². The summed E-state index contributed by atoms with van der Waals surface area (Å²) < 4.78 is 24.6. The van der Waals surface area contributed by atoms with Crippen LogP contribution in [0.15, 0.2) is 6.07 Å². The van der Waals surface area contributed by atoms with E-state index in [1.54, 1.807) is 0 Å². The van der Waals surface area contributed by atoms with Crippen LogP contribution in [0, 0.1) is 6.92 Å². The molecule has 3 nitrogen and oxygen atoms in total. The normalized spacial score (nSPS) is 10.5. The van der Waals surface area contributed by atoms with Gasteiger partial charge >= 0.3 is 0 Å². The second-order valence-electron chi connectivity index (χ2n) is 2.57. The van der Waals surface area contributed by atoms with E-state index < -0.39 is 6.43 Å². The van der Waals surface area contributed by atoms with E-state index in [4.69, 9.17) is 5.73 Å². The Morgan fingerprint density at radius 3 is 2.69 bits per heavy atom. The summed E-state index contributed by atoms with van der Waals surface area (Å²) in [7, 11) is 0. The van der Waals surface area contributed by atoms with E-state index in [-0.39, 0.29) is 22.6 Å². The molecule has 0 aliphatic carbocycles.